The zero-order valence-electron chi connectivity index (χ0n) is 7.10. The topological polar surface area (TPSA) is 18.5 Å². The summed E-state index contributed by atoms with van der Waals surface area (Å²) in [6, 6.07) is 0. The van der Waals surface area contributed by atoms with Crippen LogP contribution in [-0.2, 0) is 9.47 Å². The van der Waals surface area contributed by atoms with Gasteiger partial charge in [0.2, 0.25) is 0 Å². The Morgan fingerprint density at radius 1 is 1.64 bits per heavy atom. The van der Waals surface area contributed by atoms with Gasteiger partial charge in [-0.05, 0) is 6.92 Å². The Kier molecular flexibility index (Phi) is 3.16. The molecule has 66 valence electrons. The molecule has 0 aliphatic carbocycles. The molecule has 3 heteroatoms. The van der Waals surface area contributed by atoms with Crippen molar-refractivity contribution in [3.05, 3.63) is 0 Å². The molecule has 1 rings (SSSR count). The van der Waals surface area contributed by atoms with Crippen molar-refractivity contribution in [1.82, 2.24) is 0 Å². The third-order valence-electron chi connectivity index (χ3n) is 1.87. The molecule has 1 aliphatic rings. The molecule has 1 saturated heterocycles. The van der Waals surface area contributed by atoms with Gasteiger partial charge < -0.3 is 9.47 Å². The highest BCUT2D eigenvalue weighted by atomic mass is 35.5. The predicted molar refractivity (Wildman–Crippen MR) is 44.9 cm³/mol. The molecule has 2 nitrogen and oxygen atoms in total. The summed E-state index contributed by atoms with van der Waals surface area (Å²) >= 11 is 5.63. The van der Waals surface area contributed by atoms with E-state index in [1.54, 1.807) is 0 Å². The quantitative estimate of drug-likeness (QED) is 0.617. The maximum absolute atomic E-state index is 5.63. The molecule has 11 heavy (non-hydrogen) atoms. The SMILES string of the molecule is CCCC1(C)OCC(CCl)O1. The van der Waals surface area contributed by atoms with Crippen LogP contribution in [0.2, 0.25) is 0 Å². The Labute approximate surface area is 72.8 Å². The predicted octanol–water partition coefficient (Wildman–Crippen LogP) is 2.16. The highest BCUT2D eigenvalue weighted by molar-refractivity contribution is 6.18. The van der Waals surface area contributed by atoms with E-state index in [4.69, 9.17) is 21.1 Å². The maximum Gasteiger partial charge on any atom is 0.166 e. The molecule has 0 saturated carbocycles. The third-order valence-corrected chi connectivity index (χ3v) is 2.21. The van der Waals surface area contributed by atoms with Crippen LogP contribution >= 0.6 is 11.6 Å². The van der Waals surface area contributed by atoms with Crippen molar-refractivity contribution >= 4 is 11.6 Å². The Morgan fingerprint density at radius 2 is 2.36 bits per heavy atom. The van der Waals surface area contributed by atoms with Gasteiger partial charge in [0.1, 0.15) is 0 Å². The fourth-order valence-electron chi connectivity index (χ4n) is 1.35. The lowest BCUT2D eigenvalue weighted by atomic mass is 10.2. The number of halogens is 1. The van der Waals surface area contributed by atoms with Gasteiger partial charge in [-0.2, -0.15) is 0 Å². The summed E-state index contributed by atoms with van der Waals surface area (Å²) in [5.41, 5.74) is 0. The fourth-order valence-corrected chi connectivity index (χ4v) is 1.50. The first-order chi connectivity index (χ1) is 5.20. The average molecular weight is 179 g/mol. The molecule has 0 bridgehead atoms. The van der Waals surface area contributed by atoms with E-state index < -0.39 is 0 Å². The smallest absolute Gasteiger partial charge is 0.166 e. The minimum atomic E-state index is -0.367. The lowest BCUT2D eigenvalue weighted by molar-refractivity contribution is -0.156. The number of hydrogen-bond donors (Lipinski definition) is 0. The number of rotatable bonds is 3. The standard InChI is InChI=1S/C8H15ClO2/c1-3-4-8(2)10-6-7(5-9)11-8/h7H,3-6H2,1-2H3. The minimum absolute atomic E-state index is 0.0909. The van der Waals surface area contributed by atoms with Gasteiger partial charge in [0.25, 0.3) is 0 Å². The molecule has 1 heterocycles. The Morgan fingerprint density at radius 3 is 2.82 bits per heavy atom. The van der Waals surface area contributed by atoms with Crippen molar-refractivity contribution in [2.24, 2.45) is 0 Å². The average Bonchev–Trinajstić information content (AvgIpc) is 2.33. The number of ether oxygens (including phenoxy) is 2. The van der Waals surface area contributed by atoms with Gasteiger partial charge in [0, 0.05) is 6.42 Å². The fraction of sp³-hybridized carbons (Fsp3) is 1.00. The molecule has 1 aliphatic heterocycles. The van der Waals surface area contributed by atoms with Crippen LogP contribution in [0.4, 0.5) is 0 Å². The second-order valence-corrected chi connectivity index (χ2v) is 3.40. The van der Waals surface area contributed by atoms with Gasteiger partial charge in [-0.1, -0.05) is 13.3 Å². The lowest BCUT2D eigenvalue weighted by Gasteiger charge is -2.21. The van der Waals surface area contributed by atoms with E-state index in [2.05, 4.69) is 6.92 Å². The molecule has 0 aromatic rings. The zero-order chi connectivity index (χ0) is 8.32. The Hall–Kier alpha value is 0.210. The molecular weight excluding hydrogens is 164 g/mol. The summed E-state index contributed by atoms with van der Waals surface area (Å²) in [5, 5.41) is 0. The summed E-state index contributed by atoms with van der Waals surface area (Å²) in [4.78, 5) is 0. The number of alkyl halides is 1. The first kappa shape index (κ1) is 9.30. The van der Waals surface area contributed by atoms with Crippen molar-refractivity contribution in [2.75, 3.05) is 12.5 Å². The largest absolute Gasteiger partial charge is 0.347 e. The second-order valence-electron chi connectivity index (χ2n) is 3.09. The minimum Gasteiger partial charge on any atom is -0.347 e. The van der Waals surface area contributed by atoms with Crippen LogP contribution in [0.1, 0.15) is 26.7 Å². The van der Waals surface area contributed by atoms with Gasteiger partial charge in [-0.3, -0.25) is 0 Å². The first-order valence-electron chi connectivity index (χ1n) is 4.08. The lowest BCUT2D eigenvalue weighted by Crippen LogP contribution is -2.26. The molecule has 0 radical (unpaired) electrons. The maximum atomic E-state index is 5.63. The normalized spacial score (nSPS) is 37.9. The van der Waals surface area contributed by atoms with Gasteiger partial charge in [-0.15, -0.1) is 11.6 Å². The van der Waals surface area contributed by atoms with Crippen LogP contribution in [0.15, 0.2) is 0 Å². The molecule has 2 atom stereocenters. The van der Waals surface area contributed by atoms with Crippen LogP contribution in [0.5, 0.6) is 0 Å². The Bertz CT molecular complexity index is 129. The molecule has 0 aromatic carbocycles. The van der Waals surface area contributed by atoms with Gasteiger partial charge >= 0.3 is 0 Å². The van der Waals surface area contributed by atoms with E-state index in [-0.39, 0.29) is 11.9 Å². The van der Waals surface area contributed by atoms with Crippen LogP contribution < -0.4 is 0 Å². The molecule has 0 N–H and O–H groups in total. The van der Waals surface area contributed by atoms with Crippen molar-refractivity contribution in [1.29, 1.82) is 0 Å². The van der Waals surface area contributed by atoms with Crippen molar-refractivity contribution < 1.29 is 9.47 Å². The molecule has 0 aromatic heterocycles. The van der Waals surface area contributed by atoms with Crippen LogP contribution in [0.3, 0.4) is 0 Å². The monoisotopic (exact) mass is 178 g/mol. The summed E-state index contributed by atoms with van der Waals surface area (Å²) in [6.45, 7) is 4.73. The van der Waals surface area contributed by atoms with Gasteiger partial charge in [0.15, 0.2) is 5.79 Å². The number of hydrogen-bond acceptors (Lipinski definition) is 2. The molecule has 1 fully saturated rings. The first-order valence-corrected chi connectivity index (χ1v) is 4.61. The van der Waals surface area contributed by atoms with E-state index in [1.165, 1.54) is 0 Å². The summed E-state index contributed by atoms with van der Waals surface area (Å²) in [5.74, 6) is 0.160. The summed E-state index contributed by atoms with van der Waals surface area (Å²) < 4.78 is 11.1. The summed E-state index contributed by atoms with van der Waals surface area (Å²) in [7, 11) is 0. The van der Waals surface area contributed by atoms with Crippen molar-refractivity contribution in [2.45, 2.75) is 38.6 Å². The molecule has 0 amide bonds. The van der Waals surface area contributed by atoms with Crippen molar-refractivity contribution in [3.8, 4) is 0 Å². The van der Waals surface area contributed by atoms with Crippen molar-refractivity contribution in [3.63, 3.8) is 0 Å². The molecule has 0 spiro atoms. The van der Waals surface area contributed by atoms with E-state index >= 15 is 0 Å². The van der Waals surface area contributed by atoms with E-state index in [1.807, 2.05) is 6.92 Å². The second kappa shape index (κ2) is 3.74. The highest BCUT2D eigenvalue weighted by Crippen LogP contribution is 2.27. The van der Waals surface area contributed by atoms with Gasteiger partial charge in [-0.25, -0.2) is 0 Å². The Balaban J connectivity index is 2.37. The molecule has 2 unspecified atom stereocenters. The zero-order valence-corrected chi connectivity index (χ0v) is 7.86. The van der Waals surface area contributed by atoms with E-state index in [0.717, 1.165) is 12.8 Å². The summed E-state index contributed by atoms with van der Waals surface area (Å²) in [6.07, 6.45) is 2.11. The highest BCUT2D eigenvalue weighted by Gasteiger charge is 2.35. The van der Waals surface area contributed by atoms with Gasteiger partial charge in [0.05, 0.1) is 18.6 Å². The van der Waals surface area contributed by atoms with E-state index in [9.17, 15) is 0 Å². The van der Waals surface area contributed by atoms with Crippen LogP contribution in [0, 0.1) is 0 Å². The third kappa shape index (κ3) is 2.32. The molecular formula is C8H15ClO2. The van der Waals surface area contributed by atoms with Crippen LogP contribution in [0.25, 0.3) is 0 Å². The van der Waals surface area contributed by atoms with E-state index in [0.29, 0.717) is 12.5 Å². The van der Waals surface area contributed by atoms with Crippen LogP contribution in [-0.4, -0.2) is 24.4 Å².